The molecule has 1 aliphatic carbocycles. The highest BCUT2D eigenvalue weighted by atomic mass is 16.5. The summed E-state index contributed by atoms with van der Waals surface area (Å²) in [5.74, 6) is 0. The third-order valence-electron chi connectivity index (χ3n) is 3.23. The molecule has 1 aromatic heterocycles. The fraction of sp³-hybridized carbons (Fsp3) is 0.667. The first-order valence-corrected chi connectivity index (χ1v) is 7.15. The minimum atomic E-state index is 0.839. The fourth-order valence-corrected chi connectivity index (χ4v) is 1.95. The number of aromatic nitrogens is 1. The highest BCUT2D eigenvalue weighted by Crippen LogP contribution is 2.18. The van der Waals surface area contributed by atoms with Crippen LogP contribution in [0.1, 0.15) is 37.7 Å². The summed E-state index contributed by atoms with van der Waals surface area (Å²) in [6.45, 7) is 2.94. The van der Waals surface area contributed by atoms with E-state index in [0.29, 0.717) is 0 Å². The monoisotopic (exact) mass is 248 g/mol. The SMILES string of the molecule is c1cc(CCCOCCCCNC2CC2)ccn1. The molecule has 0 atom stereocenters. The average Bonchev–Trinajstić information content (AvgIpc) is 3.22. The van der Waals surface area contributed by atoms with Crippen LogP contribution >= 0.6 is 0 Å². The zero-order chi connectivity index (χ0) is 12.5. The minimum Gasteiger partial charge on any atom is -0.381 e. The zero-order valence-corrected chi connectivity index (χ0v) is 11.1. The number of hydrogen-bond acceptors (Lipinski definition) is 3. The van der Waals surface area contributed by atoms with Crippen LogP contribution in [0.15, 0.2) is 24.5 Å². The lowest BCUT2D eigenvalue weighted by molar-refractivity contribution is 0.128. The summed E-state index contributed by atoms with van der Waals surface area (Å²) >= 11 is 0. The minimum absolute atomic E-state index is 0.839. The molecule has 0 unspecified atom stereocenters. The first kappa shape index (κ1) is 13.5. The maximum Gasteiger partial charge on any atom is 0.0469 e. The molecule has 0 aromatic carbocycles. The lowest BCUT2D eigenvalue weighted by Gasteiger charge is -2.05. The van der Waals surface area contributed by atoms with E-state index in [9.17, 15) is 0 Å². The van der Waals surface area contributed by atoms with E-state index in [4.69, 9.17) is 4.74 Å². The van der Waals surface area contributed by atoms with Crippen LogP contribution in [0, 0.1) is 0 Å². The molecule has 18 heavy (non-hydrogen) atoms. The van der Waals surface area contributed by atoms with E-state index in [-0.39, 0.29) is 0 Å². The number of hydrogen-bond donors (Lipinski definition) is 1. The normalized spacial score (nSPS) is 14.9. The number of nitrogens with one attached hydrogen (secondary N) is 1. The Balaban J connectivity index is 1.35. The Kier molecular flexibility index (Phi) is 6.17. The van der Waals surface area contributed by atoms with Gasteiger partial charge in [0.15, 0.2) is 0 Å². The van der Waals surface area contributed by atoms with Crippen molar-refractivity contribution in [3.05, 3.63) is 30.1 Å². The molecule has 100 valence electrons. The highest BCUT2D eigenvalue weighted by molar-refractivity contribution is 5.09. The summed E-state index contributed by atoms with van der Waals surface area (Å²) in [7, 11) is 0. The van der Waals surface area contributed by atoms with E-state index >= 15 is 0 Å². The highest BCUT2D eigenvalue weighted by Gasteiger charge is 2.19. The molecule has 1 aliphatic rings. The number of unbranched alkanes of at least 4 members (excludes halogenated alkanes) is 1. The van der Waals surface area contributed by atoms with E-state index < -0.39 is 0 Å². The molecule has 2 rings (SSSR count). The molecule has 0 saturated heterocycles. The van der Waals surface area contributed by atoms with Crippen LogP contribution < -0.4 is 5.32 Å². The lowest BCUT2D eigenvalue weighted by atomic mass is 10.1. The van der Waals surface area contributed by atoms with Gasteiger partial charge in [-0.1, -0.05) is 0 Å². The molecule has 0 aliphatic heterocycles. The second-order valence-electron chi connectivity index (χ2n) is 5.01. The van der Waals surface area contributed by atoms with Gasteiger partial charge in [-0.2, -0.15) is 0 Å². The van der Waals surface area contributed by atoms with Gasteiger partial charge in [-0.25, -0.2) is 0 Å². The number of ether oxygens (including phenoxy) is 1. The molecular weight excluding hydrogens is 224 g/mol. The Hall–Kier alpha value is -0.930. The predicted octanol–water partition coefficient (Wildman–Crippen LogP) is 2.56. The summed E-state index contributed by atoms with van der Waals surface area (Å²) in [6.07, 6.45) is 11.1. The van der Waals surface area contributed by atoms with Gasteiger partial charge in [0.05, 0.1) is 0 Å². The quantitative estimate of drug-likeness (QED) is 0.646. The maximum atomic E-state index is 5.63. The summed E-state index contributed by atoms with van der Waals surface area (Å²) in [6, 6.07) is 4.99. The van der Waals surface area contributed by atoms with Crippen molar-refractivity contribution in [3.63, 3.8) is 0 Å². The van der Waals surface area contributed by atoms with Gasteiger partial charge in [-0.15, -0.1) is 0 Å². The van der Waals surface area contributed by atoms with Crippen LogP contribution in [-0.4, -0.2) is 30.8 Å². The van der Waals surface area contributed by atoms with E-state index in [1.165, 1.54) is 31.2 Å². The van der Waals surface area contributed by atoms with E-state index in [2.05, 4.69) is 22.4 Å². The van der Waals surface area contributed by atoms with Gasteiger partial charge >= 0.3 is 0 Å². The van der Waals surface area contributed by atoms with Crippen LogP contribution in [0.25, 0.3) is 0 Å². The molecule has 1 N–H and O–H groups in total. The van der Waals surface area contributed by atoms with Crippen molar-refractivity contribution in [1.82, 2.24) is 10.3 Å². The maximum absolute atomic E-state index is 5.63. The molecule has 1 fully saturated rings. The molecule has 3 heteroatoms. The van der Waals surface area contributed by atoms with Gasteiger partial charge in [-0.05, 0) is 62.8 Å². The summed E-state index contributed by atoms with van der Waals surface area (Å²) in [5.41, 5.74) is 1.35. The van der Waals surface area contributed by atoms with Crippen molar-refractivity contribution in [3.8, 4) is 0 Å². The van der Waals surface area contributed by atoms with E-state index in [1.807, 2.05) is 12.4 Å². The Labute approximate surface area is 110 Å². The molecule has 0 spiro atoms. The van der Waals surface area contributed by atoms with Gasteiger partial charge in [0.2, 0.25) is 0 Å². The third kappa shape index (κ3) is 6.12. The molecule has 0 bridgehead atoms. The fourth-order valence-electron chi connectivity index (χ4n) is 1.95. The number of nitrogens with zero attached hydrogens (tertiary/aromatic N) is 1. The van der Waals surface area contributed by atoms with Gasteiger partial charge in [0, 0.05) is 31.6 Å². The standard InChI is InChI=1S/C15H24N2O/c1(9-17-15-5-6-15)2-12-18-13-3-4-14-7-10-16-11-8-14/h7-8,10-11,15,17H,1-6,9,12-13H2. The smallest absolute Gasteiger partial charge is 0.0469 e. The van der Waals surface area contributed by atoms with Crippen LogP contribution in [0.5, 0.6) is 0 Å². The van der Waals surface area contributed by atoms with E-state index in [1.54, 1.807) is 0 Å². The van der Waals surface area contributed by atoms with Gasteiger partial charge < -0.3 is 10.1 Å². The summed E-state index contributed by atoms with van der Waals surface area (Å²) < 4.78 is 5.63. The van der Waals surface area contributed by atoms with Crippen molar-refractivity contribution in [2.45, 2.75) is 44.6 Å². The molecule has 1 saturated carbocycles. The lowest BCUT2D eigenvalue weighted by Crippen LogP contribution is -2.17. The first-order valence-electron chi connectivity index (χ1n) is 7.15. The summed E-state index contributed by atoms with van der Waals surface area (Å²) in [5, 5.41) is 3.52. The predicted molar refractivity (Wildman–Crippen MR) is 73.6 cm³/mol. The van der Waals surface area contributed by atoms with Crippen LogP contribution in [-0.2, 0) is 11.2 Å². The van der Waals surface area contributed by atoms with Crippen molar-refractivity contribution in [1.29, 1.82) is 0 Å². The van der Waals surface area contributed by atoms with E-state index in [0.717, 1.165) is 38.6 Å². The molecule has 0 radical (unpaired) electrons. The number of pyridine rings is 1. The molecule has 1 aromatic rings. The van der Waals surface area contributed by atoms with Crippen LogP contribution in [0.2, 0.25) is 0 Å². The Morgan fingerprint density at radius 3 is 2.67 bits per heavy atom. The van der Waals surface area contributed by atoms with Crippen molar-refractivity contribution in [2.75, 3.05) is 19.8 Å². The molecule has 1 heterocycles. The number of aryl methyl sites for hydroxylation is 1. The van der Waals surface area contributed by atoms with Crippen LogP contribution in [0.4, 0.5) is 0 Å². The molecule has 0 amide bonds. The Bertz CT molecular complexity index is 312. The first-order chi connectivity index (χ1) is 8.95. The third-order valence-corrected chi connectivity index (χ3v) is 3.23. The largest absolute Gasteiger partial charge is 0.381 e. The van der Waals surface area contributed by atoms with Gasteiger partial charge in [0.1, 0.15) is 0 Å². The van der Waals surface area contributed by atoms with Gasteiger partial charge in [0.25, 0.3) is 0 Å². The molecule has 3 nitrogen and oxygen atoms in total. The van der Waals surface area contributed by atoms with Crippen molar-refractivity contribution in [2.24, 2.45) is 0 Å². The van der Waals surface area contributed by atoms with Crippen molar-refractivity contribution < 1.29 is 4.74 Å². The second-order valence-corrected chi connectivity index (χ2v) is 5.01. The van der Waals surface area contributed by atoms with Gasteiger partial charge in [-0.3, -0.25) is 4.98 Å². The average molecular weight is 248 g/mol. The second kappa shape index (κ2) is 8.22. The number of rotatable bonds is 10. The van der Waals surface area contributed by atoms with Crippen LogP contribution in [0.3, 0.4) is 0 Å². The molecular formula is C15H24N2O. The Morgan fingerprint density at radius 1 is 1.11 bits per heavy atom. The van der Waals surface area contributed by atoms with Crippen molar-refractivity contribution >= 4 is 0 Å². The Morgan fingerprint density at radius 2 is 1.89 bits per heavy atom. The zero-order valence-electron chi connectivity index (χ0n) is 11.1. The summed E-state index contributed by atoms with van der Waals surface area (Å²) in [4.78, 5) is 4.01. The topological polar surface area (TPSA) is 34.1 Å².